The van der Waals surface area contributed by atoms with Gasteiger partial charge in [0.25, 0.3) is 0 Å². The summed E-state index contributed by atoms with van der Waals surface area (Å²) in [6, 6.07) is 2.14. The molecule has 2 aliphatic rings. The molecular formula is C27H42N2O3. The fraction of sp³-hybridized carbons (Fsp3) is 0.704. The minimum atomic E-state index is 0.0663. The molecule has 0 fully saturated rings. The normalized spacial score (nSPS) is 18.3. The van der Waals surface area contributed by atoms with Crippen LogP contribution >= 0.6 is 0 Å². The number of rotatable bonds is 12. The van der Waals surface area contributed by atoms with Gasteiger partial charge >= 0.3 is 0 Å². The Morgan fingerprint density at radius 3 is 2.41 bits per heavy atom. The lowest BCUT2D eigenvalue weighted by Crippen LogP contribution is -2.41. The van der Waals surface area contributed by atoms with Crippen LogP contribution in [-0.2, 0) is 22.4 Å². The number of hydrogen-bond acceptors (Lipinski definition) is 4. The van der Waals surface area contributed by atoms with Crippen molar-refractivity contribution in [1.29, 1.82) is 0 Å². The maximum atomic E-state index is 13.8. The van der Waals surface area contributed by atoms with Crippen molar-refractivity contribution in [2.24, 2.45) is 5.92 Å². The van der Waals surface area contributed by atoms with Crippen LogP contribution in [0.15, 0.2) is 6.07 Å². The van der Waals surface area contributed by atoms with Gasteiger partial charge in [-0.15, -0.1) is 0 Å². The molecule has 1 heterocycles. The molecule has 1 aliphatic heterocycles. The van der Waals surface area contributed by atoms with Gasteiger partial charge in [0.1, 0.15) is 0 Å². The molecule has 0 bridgehead atoms. The zero-order valence-corrected chi connectivity index (χ0v) is 20.7. The second-order valence-corrected chi connectivity index (χ2v) is 9.39. The van der Waals surface area contributed by atoms with E-state index in [1.54, 1.807) is 0 Å². The molecule has 178 valence electrons. The molecule has 0 saturated carbocycles. The van der Waals surface area contributed by atoms with Crippen molar-refractivity contribution in [3.05, 3.63) is 28.3 Å². The van der Waals surface area contributed by atoms with E-state index in [0.29, 0.717) is 38.4 Å². The van der Waals surface area contributed by atoms with Crippen molar-refractivity contribution in [2.75, 3.05) is 44.3 Å². The first-order valence-electron chi connectivity index (χ1n) is 12.8. The SMILES string of the molecule is CCCCN(CCCC)CC1CCc2c(C)cc3c(c2C1=O)CCC(=O)N3CCOCC. The zero-order valence-electron chi connectivity index (χ0n) is 20.7. The Morgan fingerprint density at radius 2 is 1.75 bits per heavy atom. The number of anilines is 1. The smallest absolute Gasteiger partial charge is 0.227 e. The Morgan fingerprint density at radius 1 is 1.03 bits per heavy atom. The Balaban J connectivity index is 1.87. The van der Waals surface area contributed by atoms with Gasteiger partial charge in [-0.25, -0.2) is 0 Å². The van der Waals surface area contributed by atoms with Crippen molar-refractivity contribution in [2.45, 2.75) is 79.1 Å². The highest BCUT2D eigenvalue weighted by atomic mass is 16.5. The van der Waals surface area contributed by atoms with Crippen molar-refractivity contribution < 1.29 is 14.3 Å². The number of amides is 1. The maximum absolute atomic E-state index is 13.8. The lowest BCUT2D eigenvalue weighted by Gasteiger charge is -2.36. The number of unbranched alkanes of at least 4 members (excludes halogenated alkanes) is 2. The molecule has 0 radical (unpaired) electrons. The van der Waals surface area contributed by atoms with Gasteiger partial charge in [-0.3, -0.25) is 9.59 Å². The fourth-order valence-corrected chi connectivity index (χ4v) is 5.24. The van der Waals surface area contributed by atoms with E-state index in [-0.39, 0.29) is 11.8 Å². The van der Waals surface area contributed by atoms with Crippen molar-refractivity contribution >= 4 is 17.4 Å². The molecule has 3 rings (SSSR count). The van der Waals surface area contributed by atoms with E-state index < -0.39 is 0 Å². The quantitative estimate of drug-likeness (QED) is 0.430. The molecule has 32 heavy (non-hydrogen) atoms. The lowest BCUT2D eigenvalue weighted by molar-refractivity contribution is -0.119. The summed E-state index contributed by atoms with van der Waals surface area (Å²) in [6.07, 6.45) is 7.80. The average molecular weight is 443 g/mol. The summed E-state index contributed by atoms with van der Waals surface area (Å²) in [4.78, 5) is 30.9. The molecule has 1 aromatic carbocycles. The summed E-state index contributed by atoms with van der Waals surface area (Å²) in [6.45, 7) is 13.3. The Hall–Kier alpha value is -1.72. The average Bonchev–Trinajstić information content (AvgIpc) is 2.78. The van der Waals surface area contributed by atoms with E-state index in [9.17, 15) is 9.59 Å². The third kappa shape index (κ3) is 5.60. The van der Waals surface area contributed by atoms with Crippen LogP contribution < -0.4 is 4.90 Å². The largest absolute Gasteiger partial charge is 0.380 e. The number of Topliss-reactive ketones (excluding diaryl/α,β-unsaturated/α-hetero) is 1. The first kappa shape index (κ1) is 24.9. The monoisotopic (exact) mass is 442 g/mol. The number of carbonyl (C=O) groups excluding carboxylic acids is 2. The molecule has 0 spiro atoms. The van der Waals surface area contributed by atoms with Crippen LogP contribution in [-0.4, -0.2) is 56.0 Å². The number of hydrogen-bond donors (Lipinski definition) is 0. The van der Waals surface area contributed by atoms with Gasteiger partial charge in [-0.05, 0) is 81.8 Å². The highest BCUT2D eigenvalue weighted by Crippen LogP contribution is 2.39. The number of aryl methyl sites for hydroxylation is 1. The van der Waals surface area contributed by atoms with E-state index >= 15 is 0 Å². The molecule has 1 atom stereocenters. The fourth-order valence-electron chi connectivity index (χ4n) is 5.24. The summed E-state index contributed by atoms with van der Waals surface area (Å²) in [5.41, 5.74) is 5.36. The number of ketones is 1. The highest BCUT2D eigenvalue weighted by molar-refractivity contribution is 6.06. The van der Waals surface area contributed by atoms with Crippen LogP contribution in [0.1, 0.15) is 86.3 Å². The van der Waals surface area contributed by atoms with E-state index in [1.165, 1.54) is 31.2 Å². The number of nitrogens with zero attached hydrogens (tertiary/aromatic N) is 2. The van der Waals surface area contributed by atoms with Crippen LogP contribution in [0.5, 0.6) is 0 Å². The van der Waals surface area contributed by atoms with Crippen molar-refractivity contribution in [3.63, 3.8) is 0 Å². The van der Waals surface area contributed by atoms with E-state index in [0.717, 1.165) is 54.9 Å². The number of ether oxygens (including phenoxy) is 1. The Kier molecular flexibility index (Phi) is 9.30. The van der Waals surface area contributed by atoms with Gasteiger partial charge in [0.2, 0.25) is 5.91 Å². The zero-order chi connectivity index (χ0) is 23.1. The standard InChI is InChI=1S/C27H42N2O3/c1-5-8-14-28(15-9-6-2)19-21-10-11-22-20(4)18-24-23(26(22)27(21)31)12-13-25(30)29(24)16-17-32-7-3/h18,21H,5-17,19H2,1-4H3. The predicted octanol–water partition coefficient (Wildman–Crippen LogP) is 4.96. The molecular weight excluding hydrogens is 400 g/mol. The predicted molar refractivity (Wildman–Crippen MR) is 131 cm³/mol. The molecule has 5 nitrogen and oxygen atoms in total. The number of benzene rings is 1. The Labute approximate surface area is 194 Å². The van der Waals surface area contributed by atoms with Gasteiger partial charge < -0.3 is 14.5 Å². The molecule has 1 aromatic rings. The Bertz CT molecular complexity index is 797. The van der Waals surface area contributed by atoms with Gasteiger partial charge in [-0.1, -0.05) is 26.7 Å². The lowest BCUT2D eigenvalue weighted by atomic mass is 9.76. The summed E-state index contributed by atoms with van der Waals surface area (Å²) < 4.78 is 5.52. The van der Waals surface area contributed by atoms with Crippen LogP contribution in [0.25, 0.3) is 0 Å². The van der Waals surface area contributed by atoms with E-state index in [2.05, 4.69) is 31.7 Å². The second-order valence-electron chi connectivity index (χ2n) is 9.39. The summed E-state index contributed by atoms with van der Waals surface area (Å²) in [7, 11) is 0. The maximum Gasteiger partial charge on any atom is 0.227 e. The van der Waals surface area contributed by atoms with Crippen LogP contribution in [0.3, 0.4) is 0 Å². The van der Waals surface area contributed by atoms with E-state index in [4.69, 9.17) is 4.74 Å². The molecule has 1 unspecified atom stereocenters. The van der Waals surface area contributed by atoms with Gasteiger partial charge in [-0.2, -0.15) is 0 Å². The first-order chi connectivity index (χ1) is 15.5. The van der Waals surface area contributed by atoms with Gasteiger partial charge in [0.05, 0.1) is 6.61 Å². The van der Waals surface area contributed by atoms with Gasteiger partial charge in [0.15, 0.2) is 5.78 Å². The topological polar surface area (TPSA) is 49.9 Å². The first-order valence-corrected chi connectivity index (χ1v) is 12.8. The molecule has 0 saturated heterocycles. The molecule has 0 aromatic heterocycles. The minimum Gasteiger partial charge on any atom is -0.380 e. The highest BCUT2D eigenvalue weighted by Gasteiger charge is 2.36. The summed E-state index contributed by atoms with van der Waals surface area (Å²) >= 11 is 0. The second kappa shape index (κ2) is 11.9. The third-order valence-corrected chi connectivity index (χ3v) is 7.08. The van der Waals surface area contributed by atoms with E-state index in [1.807, 2.05) is 11.8 Å². The van der Waals surface area contributed by atoms with Crippen LogP contribution in [0.4, 0.5) is 5.69 Å². The number of carbonyl (C=O) groups is 2. The van der Waals surface area contributed by atoms with Crippen LogP contribution in [0, 0.1) is 12.8 Å². The van der Waals surface area contributed by atoms with Gasteiger partial charge in [0, 0.05) is 43.3 Å². The molecule has 0 N–H and O–H groups in total. The number of fused-ring (bicyclic) bond motifs is 3. The minimum absolute atomic E-state index is 0.0663. The van der Waals surface area contributed by atoms with Crippen molar-refractivity contribution in [1.82, 2.24) is 4.90 Å². The summed E-state index contributed by atoms with van der Waals surface area (Å²) in [5.74, 6) is 0.515. The molecule has 5 heteroatoms. The third-order valence-electron chi connectivity index (χ3n) is 7.08. The summed E-state index contributed by atoms with van der Waals surface area (Å²) in [5, 5.41) is 0. The molecule has 1 amide bonds. The molecule has 1 aliphatic carbocycles. The van der Waals surface area contributed by atoms with Crippen LogP contribution in [0.2, 0.25) is 0 Å². The van der Waals surface area contributed by atoms with Crippen molar-refractivity contribution in [3.8, 4) is 0 Å².